The van der Waals surface area contributed by atoms with Gasteiger partial charge in [-0.2, -0.15) is 0 Å². The first-order chi connectivity index (χ1) is 7.02. The second kappa shape index (κ2) is 8.15. The van der Waals surface area contributed by atoms with Crippen LogP contribution in [0.5, 0.6) is 0 Å². The third-order valence-corrected chi connectivity index (χ3v) is 4.05. The molecule has 0 aliphatic rings. The average molecular weight is 214 g/mol. The standard InChI is InChI=1S/C14H30O/c1-6-7-11(2)12(3)8-9-13(4)14(5)10-15/h11-15H,6-10H2,1-5H3. The third kappa shape index (κ3) is 6.19. The molecule has 1 heteroatoms. The minimum Gasteiger partial charge on any atom is -0.396 e. The molecule has 0 aromatic rings. The first-order valence-corrected chi connectivity index (χ1v) is 6.63. The molecule has 0 fully saturated rings. The van der Waals surface area contributed by atoms with Crippen LogP contribution in [0.15, 0.2) is 0 Å². The van der Waals surface area contributed by atoms with E-state index in [-0.39, 0.29) is 0 Å². The molecule has 0 heterocycles. The maximum atomic E-state index is 9.06. The van der Waals surface area contributed by atoms with Crippen molar-refractivity contribution in [1.82, 2.24) is 0 Å². The van der Waals surface area contributed by atoms with E-state index in [4.69, 9.17) is 5.11 Å². The Morgan fingerprint density at radius 1 is 0.733 bits per heavy atom. The van der Waals surface area contributed by atoms with Crippen LogP contribution in [0.2, 0.25) is 0 Å². The van der Waals surface area contributed by atoms with Gasteiger partial charge in [0.25, 0.3) is 0 Å². The predicted molar refractivity (Wildman–Crippen MR) is 67.9 cm³/mol. The topological polar surface area (TPSA) is 20.2 Å². The first-order valence-electron chi connectivity index (χ1n) is 6.63. The van der Waals surface area contributed by atoms with Gasteiger partial charge in [-0.3, -0.25) is 0 Å². The van der Waals surface area contributed by atoms with E-state index < -0.39 is 0 Å². The van der Waals surface area contributed by atoms with Crippen molar-refractivity contribution in [2.24, 2.45) is 23.7 Å². The molecule has 1 N–H and O–H groups in total. The van der Waals surface area contributed by atoms with Gasteiger partial charge < -0.3 is 5.11 Å². The molecule has 0 aliphatic heterocycles. The molecule has 15 heavy (non-hydrogen) atoms. The van der Waals surface area contributed by atoms with Crippen molar-refractivity contribution in [3.63, 3.8) is 0 Å². The molecule has 1 nitrogen and oxygen atoms in total. The molecule has 0 amide bonds. The molecule has 0 radical (unpaired) electrons. The molecule has 0 aliphatic carbocycles. The normalized spacial score (nSPS) is 19.6. The lowest BCUT2D eigenvalue weighted by atomic mass is 9.83. The van der Waals surface area contributed by atoms with Crippen molar-refractivity contribution in [3.8, 4) is 0 Å². The summed E-state index contributed by atoms with van der Waals surface area (Å²) in [5.41, 5.74) is 0. The lowest BCUT2D eigenvalue weighted by Gasteiger charge is -2.23. The minimum atomic E-state index is 0.333. The van der Waals surface area contributed by atoms with Gasteiger partial charge in [-0.1, -0.05) is 60.3 Å². The van der Waals surface area contributed by atoms with E-state index in [2.05, 4.69) is 34.6 Å². The fraction of sp³-hybridized carbons (Fsp3) is 1.00. The van der Waals surface area contributed by atoms with Gasteiger partial charge in [0, 0.05) is 6.61 Å². The Labute approximate surface area is 96.3 Å². The van der Waals surface area contributed by atoms with Gasteiger partial charge in [0.2, 0.25) is 0 Å². The highest BCUT2D eigenvalue weighted by molar-refractivity contribution is 4.66. The number of aliphatic hydroxyl groups excluding tert-OH is 1. The van der Waals surface area contributed by atoms with Crippen molar-refractivity contribution < 1.29 is 5.11 Å². The highest BCUT2D eigenvalue weighted by Gasteiger charge is 2.15. The number of aliphatic hydroxyl groups is 1. The maximum Gasteiger partial charge on any atom is 0.0459 e. The summed E-state index contributed by atoms with van der Waals surface area (Å²) in [7, 11) is 0. The fourth-order valence-corrected chi connectivity index (χ4v) is 2.01. The van der Waals surface area contributed by atoms with Crippen LogP contribution >= 0.6 is 0 Å². The first kappa shape index (κ1) is 15.0. The zero-order valence-corrected chi connectivity index (χ0v) is 11.3. The fourth-order valence-electron chi connectivity index (χ4n) is 2.01. The van der Waals surface area contributed by atoms with E-state index >= 15 is 0 Å². The number of rotatable bonds is 8. The largest absolute Gasteiger partial charge is 0.396 e. The van der Waals surface area contributed by atoms with Gasteiger partial charge >= 0.3 is 0 Å². The Morgan fingerprint density at radius 2 is 1.13 bits per heavy atom. The molecule has 0 bridgehead atoms. The van der Waals surface area contributed by atoms with E-state index in [1.165, 1.54) is 25.7 Å². The van der Waals surface area contributed by atoms with Crippen LogP contribution in [0, 0.1) is 23.7 Å². The molecule has 4 unspecified atom stereocenters. The third-order valence-electron chi connectivity index (χ3n) is 4.05. The SMILES string of the molecule is CCCC(C)C(C)CCC(C)C(C)CO. The monoisotopic (exact) mass is 214 g/mol. The Balaban J connectivity index is 3.74. The van der Waals surface area contributed by atoms with Crippen molar-refractivity contribution in [2.75, 3.05) is 6.61 Å². The molecular weight excluding hydrogens is 184 g/mol. The average Bonchev–Trinajstić information content (AvgIpc) is 2.24. The summed E-state index contributed by atoms with van der Waals surface area (Å²) in [5.74, 6) is 2.80. The summed E-state index contributed by atoms with van der Waals surface area (Å²) < 4.78 is 0. The molecular formula is C14H30O. The highest BCUT2D eigenvalue weighted by Crippen LogP contribution is 2.25. The zero-order valence-electron chi connectivity index (χ0n) is 11.3. The van der Waals surface area contributed by atoms with Crippen LogP contribution in [0.25, 0.3) is 0 Å². The van der Waals surface area contributed by atoms with Crippen LogP contribution in [0.4, 0.5) is 0 Å². The van der Waals surface area contributed by atoms with E-state index in [0.29, 0.717) is 18.4 Å². The molecule has 0 aromatic carbocycles. The van der Waals surface area contributed by atoms with Gasteiger partial charge in [-0.25, -0.2) is 0 Å². The summed E-state index contributed by atoms with van der Waals surface area (Å²) in [6, 6.07) is 0. The van der Waals surface area contributed by atoms with E-state index in [0.717, 1.165) is 11.8 Å². The van der Waals surface area contributed by atoms with Crippen molar-refractivity contribution in [2.45, 2.75) is 60.3 Å². The predicted octanol–water partition coefficient (Wildman–Crippen LogP) is 4.10. The molecule has 0 saturated carbocycles. The van der Waals surface area contributed by atoms with Gasteiger partial charge in [0.05, 0.1) is 0 Å². The van der Waals surface area contributed by atoms with Crippen LogP contribution in [-0.4, -0.2) is 11.7 Å². The lowest BCUT2D eigenvalue weighted by Crippen LogP contribution is -2.15. The summed E-state index contributed by atoms with van der Waals surface area (Å²) in [6.45, 7) is 11.7. The number of hydrogen-bond acceptors (Lipinski definition) is 1. The number of hydrogen-bond donors (Lipinski definition) is 1. The highest BCUT2D eigenvalue weighted by atomic mass is 16.3. The van der Waals surface area contributed by atoms with Gasteiger partial charge in [-0.05, 0) is 23.7 Å². The smallest absolute Gasteiger partial charge is 0.0459 e. The molecule has 4 atom stereocenters. The van der Waals surface area contributed by atoms with Crippen molar-refractivity contribution >= 4 is 0 Å². The summed E-state index contributed by atoms with van der Waals surface area (Å²) in [5, 5.41) is 9.06. The second-order valence-corrected chi connectivity index (χ2v) is 5.46. The summed E-state index contributed by atoms with van der Waals surface area (Å²) in [4.78, 5) is 0. The Bertz CT molecular complexity index is 144. The van der Waals surface area contributed by atoms with Crippen LogP contribution in [-0.2, 0) is 0 Å². The van der Waals surface area contributed by atoms with E-state index in [9.17, 15) is 0 Å². The van der Waals surface area contributed by atoms with Crippen LogP contribution in [0.1, 0.15) is 60.3 Å². The molecule has 92 valence electrons. The van der Waals surface area contributed by atoms with E-state index in [1.54, 1.807) is 0 Å². The zero-order chi connectivity index (χ0) is 11.8. The van der Waals surface area contributed by atoms with Crippen molar-refractivity contribution in [1.29, 1.82) is 0 Å². The van der Waals surface area contributed by atoms with Crippen LogP contribution in [0.3, 0.4) is 0 Å². The molecule has 0 rings (SSSR count). The van der Waals surface area contributed by atoms with Crippen LogP contribution < -0.4 is 0 Å². The van der Waals surface area contributed by atoms with Crippen molar-refractivity contribution in [3.05, 3.63) is 0 Å². The van der Waals surface area contributed by atoms with Gasteiger partial charge in [0.15, 0.2) is 0 Å². The van der Waals surface area contributed by atoms with Gasteiger partial charge in [-0.15, -0.1) is 0 Å². The minimum absolute atomic E-state index is 0.333. The molecule has 0 saturated heterocycles. The summed E-state index contributed by atoms with van der Waals surface area (Å²) in [6.07, 6.45) is 5.23. The molecule has 0 spiro atoms. The molecule has 0 aromatic heterocycles. The Morgan fingerprint density at radius 3 is 1.53 bits per heavy atom. The van der Waals surface area contributed by atoms with Gasteiger partial charge in [0.1, 0.15) is 0 Å². The quantitative estimate of drug-likeness (QED) is 0.645. The Hall–Kier alpha value is -0.0400. The van der Waals surface area contributed by atoms with E-state index in [1.807, 2.05) is 0 Å². The maximum absolute atomic E-state index is 9.06. The second-order valence-electron chi connectivity index (χ2n) is 5.46. The Kier molecular flexibility index (Phi) is 8.13. The lowest BCUT2D eigenvalue weighted by molar-refractivity contribution is 0.181. The summed E-state index contributed by atoms with van der Waals surface area (Å²) >= 11 is 0.